The lowest BCUT2D eigenvalue weighted by Gasteiger charge is -2.37. The molecule has 0 atom stereocenters. The van der Waals surface area contributed by atoms with Crippen molar-refractivity contribution in [2.24, 2.45) is 4.99 Å². The zero-order valence-corrected chi connectivity index (χ0v) is 21.2. The Balaban J connectivity index is 0.00000385. The Bertz CT molecular complexity index is 909. The first-order valence-electron chi connectivity index (χ1n) is 10.7. The average molecular weight is 576 g/mol. The zero-order valence-electron chi connectivity index (χ0n) is 18.8. The van der Waals surface area contributed by atoms with E-state index in [9.17, 15) is 13.9 Å². The SMILES string of the molecule is CCNC(=NCCc1ccc(OC)c(OC(F)F)c1)N1CCN(c2ccccc2O)CC1.I. The topological polar surface area (TPSA) is 69.6 Å². The Kier molecular flexibility index (Phi) is 10.8. The number of halogens is 3. The van der Waals surface area contributed by atoms with Gasteiger partial charge in [-0.3, -0.25) is 4.99 Å². The molecule has 1 heterocycles. The predicted molar refractivity (Wildman–Crippen MR) is 137 cm³/mol. The number of methoxy groups -OCH3 is 1. The summed E-state index contributed by atoms with van der Waals surface area (Å²) in [7, 11) is 1.42. The van der Waals surface area contributed by atoms with Gasteiger partial charge in [0.2, 0.25) is 0 Å². The van der Waals surface area contributed by atoms with Crippen LogP contribution in [0, 0.1) is 0 Å². The van der Waals surface area contributed by atoms with Gasteiger partial charge in [0, 0.05) is 39.3 Å². The van der Waals surface area contributed by atoms with Crippen molar-refractivity contribution in [1.29, 1.82) is 0 Å². The molecule has 2 aromatic carbocycles. The molecule has 2 aromatic rings. The number of para-hydroxylation sites is 2. The molecular weight excluding hydrogens is 545 g/mol. The highest BCUT2D eigenvalue weighted by Crippen LogP contribution is 2.30. The summed E-state index contributed by atoms with van der Waals surface area (Å²) in [6, 6.07) is 12.4. The standard InChI is InChI=1S/C23H30F2N4O3.HI/c1-3-26-23(29-14-12-28(13-15-29)18-6-4-5-7-19(18)30)27-11-10-17-8-9-20(31-2)21(16-17)32-22(24)25;/h4-9,16,22,30H,3,10-15H2,1-2H3,(H,26,27);1H. The maximum atomic E-state index is 12.6. The fraction of sp³-hybridized carbons (Fsp3) is 0.435. The number of aliphatic imine (C=N–C) groups is 1. The molecule has 1 fully saturated rings. The summed E-state index contributed by atoms with van der Waals surface area (Å²) in [5.41, 5.74) is 1.68. The molecular formula is C23H31F2IN4O3. The van der Waals surface area contributed by atoms with Crippen molar-refractivity contribution < 1.29 is 23.4 Å². The van der Waals surface area contributed by atoms with E-state index in [4.69, 9.17) is 9.73 Å². The molecule has 0 spiro atoms. The Labute approximate surface area is 210 Å². The fourth-order valence-corrected chi connectivity index (χ4v) is 3.67. The molecule has 1 saturated heterocycles. The number of phenolic OH excluding ortho intramolecular Hbond substituents is 1. The van der Waals surface area contributed by atoms with E-state index in [1.165, 1.54) is 7.11 Å². The molecule has 182 valence electrons. The van der Waals surface area contributed by atoms with E-state index in [0.29, 0.717) is 13.0 Å². The molecule has 10 heteroatoms. The van der Waals surface area contributed by atoms with Crippen molar-refractivity contribution in [3.63, 3.8) is 0 Å². The number of nitrogens with zero attached hydrogens (tertiary/aromatic N) is 3. The Hall–Kier alpha value is -2.50. The second-order valence-corrected chi connectivity index (χ2v) is 7.31. The lowest BCUT2D eigenvalue weighted by Crippen LogP contribution is -2.52. The van der Waals surface area contributed by atoms with Crippen molar-refractivity contribution in [1.82, 2.24) is 10.2 Å². The van der Waals surface area contributed by atoms with Gasteiger partial charge in [-0.25, -0.2) is 0 Å². The van der Waals surface area contributed by atoms with Gasteiger partial charge in [0.1, 0.15) is 5.75 Å². The van der Waals surface area contributed by atoms with Crippen molar-refractivity contribution in [3.05, 3.63) is 48.0 Å². The Morgan fingerprint density at radius 1 is 1.12 bits per heavy atom. The number of phenols is 1. The smallest absolute Gasteiger partial charge is 0.387 e. The van der Waals surface area contributed by atoms with E-state index in [2.05, 4.69) is 19.9 Å². The average Bonchev–Trinajstić information content (AvgIpc) is 2.79. The highest BCUT2D eigenvalue weighted by atomic mass is 127. The van der Waals surface area contributed by atoms with Gasteiger partial charge in [0.05, 0.1) is 12.8 Å². The van der Waals surface area contributed by atoms with Crippen LogP contribution in [0.25, 0.3) is 0 Å². The van der Waals surface area contributed by atoms with Gasteiger partial charge < -0.3 is 29.7 Å². The summed E-state index contributed by atoms with van der Waals surface area (Å²) in [6.07, 6.45) is 0.580. The van der Waals surface area contributed by atoms with E-state index >= 15 is 0 Å². The number of rotatable bonds is 8. The number of hydrogen-bond acceptors (Lipinski definition) is 5. The van der Waals surface area contributed by atoms with Gasteiger partial charge in [-0.15, -0.1) is 24.0 Å². The summed E-state index contributed by atoms with van der Waals surface area (Å²) < 4.78 is 34.9. The summed E-state index contributed by atoms with van der Waals surface area (Å²) in [6.45, 7) is 3.45. The quantitative estimate of drug-likeness (QED) is 0.282. The second-order valence-electron chi connectivity index (χ2n) is 7.31. The van der Waals surface area contributed by atoms with Crippen molar-refractivity contribution >= 4 is 35.6 Å². The molecule has 7 nitrogen and oxygen atoms in total. The third-order valence-corrected chi connectivity index (χ3v) is 5.24. The van der Waals surface area contributed by atoms with Gasteiger partial charge >= 0.3 is 6.61 Å². The third-order valence-electron chi connectivity index (χ3n) is 5.24. The van der Waals surface area contributed by atoms with Crippen LogP contribution >= 0.6 is 24.0 Å². The molecule has 3 rings (SSSR count). The highest BCUT2D eigenvalue weighted by Gasteiger charge is 2.21. The molecule has 0 unspecified atom stereocenters. The maximum Gasteiger partial charge on any atom is 0.387 e. The van der Waals surface area contributed by atoms with Crippen LogP contribution in [0.4, 0.5) is 14.5 Å². The molecule has 0 aromatic heterocycles. The number of nitrogens with one attached hydrogen (secondary N) is 1. The lowest BCUT2D eigenvalue weighted by molar-refractivity contribution is -0.0512. The minimum Gasteiger partial charge on any atom is -0.506 e. The van der Waals surface area contributed by atoms with Crippen LogP contribution in [-0.2, 0) is 6.42 Å². The van der Waals surface area contributed by atoms with E-state index in [1.807, 2.05) is 31.2 Å². The molecule has 0 amide bonds. The highest BCUT2D eigenvalue weighted by molar-refractivity contribution is 14.0. The minimum absolute atomic E-state index is 0. The van der Waals surface area contributed by atoms with Crippen LogP contribution in [0.2, 0.25) is 0 Å². The largest absolute Gasteiger partial charge is 0.506 e. The summed E-state index contributed by atoms with van der Waals surface area (Å²) in [5.74, 6) is 1.41. The molecule has 1 aliphatic heterocycles. The van der Waals surface area contributed by atoms with Gasteiger partial charge in [-0.05, 0) is 43.2 Å². The number of piperazine rings is 1. The number of alkyl halides is 2. The first-order valence-corrected chi connectivity index (χ1v) is 10.7. The predicted octanol–water partition coefficient (Wildman–Crippen LogP) is 3.95. The first-order chi connectivity index (χ1) is 15.5. The van der Waals surface area contributed by atoms with Crippen molar-refractivity contribution in [3.8, 4) is 17.2 Å². The van der Waals surface area contributed by atoms with E-state index in [1.54, 1.807) is 18.2 Å². The lowest BCUT2D eigenvalue weighted by atomic mass is 10.1. The third kappa shape index (κ3) is 7.51. The van der Waals surface area contributed by atoms with Crippen molar-refractivity contribution in [2.75, 3.05) is 51.3 Å². The van der Waals surface area contributed by atoms with Crippen LogP contribution in [-0.4, -0.2) is 69.0 Å². The summed E-state index contributed by atoms with van der Waals surface area (Å²) in [4.78, 5) is 9.08. The molecule has 0 aliphatic carbocycles. The summed E-state index contributed by atoms with van der Waals surface area (Å²) >= 11 is 0. The van der Waals surface area contributed by atoms with Crippen LogP contribution in [0.5, 0.6) is 17.2 Å². The van der Waals surface area contributed by atoms with Gasteiger partial charge in [-0.1, -0.05) is 18.2 Å². The Morgan fingerprint density at radius 3 is 2.48 bits per heavy atom. The second kappa shape index (κ2) is 13.3. The van der Waals surface area contributed by atoms with E-state index in [0.717, 1.165) is 49.9 Å². The van der Waals surface area contributed by atoms with Gasteiger partial charge in [-0.2, -0.15) is 8.78 Å². The normalized spacial score (nSPS) is 14.2. The monoisotopic (exact) mass is 576 g/mol. The number of guanidine groups is 1. The molecule has 1 aliphatic rings. The number of benzene rings is 2. The fourth-order valence-electron chi connectivity index (χ4n) is 3.67. The number of aromatic hydroxyl groups is 1. The molecule has 0 bridgehead atoms. The molecule has 0 saturated carbocycles. The number of hydrogen-bond donors (Lipinski definition) is 2. The van der Waals surface area contributed by atoms with Crippen LogP contribution in [0.3, 0.4) is 0 Å². The van der Waals surface area contributed by atoms with E-state index in [-0.39, 0.29) is 41.2 Å². The van der Waals surface area contributed by atoms with Gasteiger partial charge in [0.15, 0.2) is 17.5 Å². The maximum absolute atomic E-state index is 12.6. The van der Waals surface area contributed by atoms with Gasteiger partial charge in [0.25, 0.3) is 0 Å². The number of ether oxygens (including phenoxy) is 2. The molecule has 0 radical (unpaired) electrons. The van der Waals surface area contributed by atoms with Crippen LogP contribution in [0.1, 0.15) is 12.5 Å². The first kappa shape index (κ1) is 26.7. The minimum atomic E-state index is -2.91. The molecule has 33 heavy (non-hydrogen) atoms. The van der Waals surface area contributed by atoms with Crippen molar-refractivity contribution in [2.45, 2.75) is 20.0 Å². The van der Waals surface area contributed by atoms with E-state index < -0.39 is 6.61 Å². The van der Waals surface area contributed by atoms with Crippen LogP contribution < -0.4 is 19.7 Å². The zero-order chi connectivity index (χ0) is 22.9. The van der Waals surface area contributed by atoms with Crippen LogP contribution in [0.15, 0.2) is 47.5 Å². The number of anilines is 1. The molecule has 2 N–H and O–H groups in total. The summed E-state index contributed by atoms with van der Waals surface area (Å²) in [5, 5.41) is 13.4. The Morgan fingerprint density at radius 2 is 1.85 bits per heavy atom.